The predicted octanol–water partition coefficient (Wildman–Crippen LogP) is 12.5. The highest BCUT2D eigenvalue weighted by molar-refractivity contribution is 6.36. The normalized spacial score (nSPS) is 11.4. The van der Waals surface area contributed by atoms with Gasteiger partial charge in [-0.2, -0.15) is 0 Å². The Hall–Kier alpha value is -6.06. The van der Waals surface area contributed by atoms with Crippen molar-refractivity contribution in [2.24, 2.45) is 0 Å². The molecule has 0 aliphatic carbocycles. The first-order chi connectivity index (χ1) is 23.2. The van der Waals surface area contributed by atoms with Gasteiger partial charge < -0.3 is 14.1 Å². The highest BCUT2D eigenvalue weighted by Crippen LogP contribution is 2.47. The highest BCUT2D eigenvalue weighted by atomic mass is 15.0. The van der Waals surface area contributed by atoms with Crippen LogP contribution >= 0.6 is 0 Å². The minimum Gasteiger partial charge on any atom is -0.354 e. The molecule has 0 fully saturated rings. The minimum absolute atomic E-state index is 1.17. The number of para-hydroxylation sites is 4. The molecule has 0 spiro atoms. The predicted molar refractivity (Wildman–Crippen MR) is 205 cm³/mol. The van der Waals surface area contributed by atoms with Gasteiger partial charge in [0.2, 0.25) is 0 Å². The molecule has 226 valence electrons. The van der Waals surface area contributed by atoms with Crippen molar-refractivity contribution < 1.29 is 0 Å². The number of H-pyrrole nitrogens is 1. The van der Waals surface area contributed by atoms with Gasteiger partial charge in [-0.1, -0.05) is 97.1 Å². The number of hydrogen-bond acceptors (Lipinski definition) is 0. The van der Waals surface area contributed by atoms with E-state index in [1.807, 2.05) is 13.8 Å². The minimum atomic E-state index is 1.17. The second-order valence-electron chi connectivity index (χ2n) is 11.9. The van der Waals surface area contributed by atoms with Gasteiger partial charge in [-0.25, -0.2) is 0 Å². The summed E-state index contributed by atoms with van der Waals surface area (Å²) >= 11 is 0. The van der Waals surface area contributed by atoms with Crippen molar-refractivity contribution >= 4 is 76.2 Å². The van der Waals surface area contributed by atoms with Gasteiger partial charge in [0, 0.05) is 54.6 Å². The van der Waals surface area contributed by atoms with Gasteiger partial charge in [-0.15, -0.1) is 13.2 Å². The fraction of sp³-hybridized carbons (Fsp3) is 0.0455. The fourth-order valence-corrected chi connectivity index (χ4v) is 7.33. The maximum Gasteiger partial charge on any atom is 0.0795 e. The molecule has 0 bridgehead atoms. The number of hydrogen-bond donors (Lipinski definition) is 1. The zero-order valence-corrected chi connectivity index (χ0v) is 26.7. The molecular formula is C44H35N3. The van der Waals surface area contributed by atoms with Gasteiger partial charge in [-0.05, 0) is 67.8 Å². The third kappa shape index (κ3) is 4.20. The van der Waals surface area contributed by atoms with Crippen molar-refractivity contribution in [3.05, 3.63) is 159 Å². The van der Waals surface area contributed by atoms with Crippen LogP contribution in [0.5, 0.6) is 0 Å². The Bertz CT molecular complexity index is 2710. The Morgan fingerprint density at radius 3 is 1.74 bits per heavy atom. The zero-order chi connectivity index (χ0) is 32.1. The van der Waals surface area contributed by atoms with Crippen molar-refractivity contribution in [3.8, 4) is 11.4 Å². The van der Waals surface area contributed by atoms with E-state index in [-0.39, 0.29) is 0 Å². The third-order valence-electron chi connectivity index (χ3n) is 8.96. The molecule has 3 nitrogen and oxygen atoms in total. The molecule has 0 saturated carbocycles. The second-order valence-corrected chi connectivity index (χ2v) is 11.9. The summed E-state index contributed by atoms with van der Waals surface area (Å²) in [5.74, 6) is 0. The molecule has 0 atom stereocenters. The van der Waals surface area contributed by atoms with E-state index in [1.165, 1.54) is 87.6 Å². The van der Waals surface area contributed by atoms with Crippen molar-refractivity contribution in [2.45, 2.75) is 13.8 Å². The van der Waals surface area contributed by atoms with E-state index < -0.39 is 0 Å². The van der Waals surface area contributed by atoms with Crippen LogP contribution in [0.2, 0.25) is 0 Å². The summed E-state index contributed by atoms with van der Waals surface area (Å²) in [6, 6.07) is 48.5. The van der Waals surface area contributed by atoms with Crippen LogP contribution in [0, 0.1) is 0 Å². The summed E-state index contributed by atoms with van der Waals surface area (Å²) in [6.07, 6.45) is 3.50. The van der Waals surface area contributed by atoms with Crippen LogP contribution in [0.25, 0.3) is 87.6 Å². The molecule has 3 heteroatoms. The molecular weight excluding hydrogens is 571 g/mol. The molecule has 0 unspecified atom stereocenters. The lowest BCUT2D eigenvalue weighted by Crippen LogP contribution is -1.98. The van der Waals surface area contributed by atoms with Crippen molar-refractivity contribution in [3.63, 3.8) is 0 Å². The van der Waals surface area contributed by atoms with Crippen LogP contribution in [0.1, 0.15) is 13.8 Å². The van der Waals surface area contributed by atoms with E-state index >= 15 is 0 Å². The van der Waals surface area contributed by atoms with Crippen LogP contribution in [0.3, 0.4) is 0 Å². The lowest BCUT2D eigenvalue weighted by Gasteiger charge is -2.12. The molecule has 10 aromatic rings. The Morgan fingerprint density at radius 1 is 0.489 bits per heavy atom. The summed E-state index contributed by atoms with van der Waals surface area (Å²) in [5.41, 5.74) is 9.67. The smallest absolute Gasteiger partial charge is 0.0795 e. The van der Waals surface area contributed by atoms with Crippen LogP contribution in [-0.4, -0.2) is 14.1 Å². The molecule has 3 aromatic heterocycles. The number of allylic oxidation sites excluding steroid dienone is 2. The topological polar surface area (TPSA) is 25.6 Å². The maximum absolute atomic E-state index is 3.76. The Balaban J connectivity index is 0.000000505. The van der Waals surface area contributed by atoms with Crippen LogP contribution in [0.15, 0.2) is 159 Å². The van der Waals surface area contributed by atoms with E-state index in [0.717, 1.165) is 0 Å². The molecule has 1 N–H and O–H groups in total. The quantitative estimate of drug-likeness (QED) is 0.150. The summed E-state index contributed by atoms with van der Waals surface area (Å²) in [6.45, 7) is 10.5. The average molecular weight is 606 g/mol. The van der Waals surface area contributed by atoms with Crippen LogP contribution in [-0.2, 0) is 0 Å². The second kappa shape index (κ2) is 11.4. The molecule has 3 heterocycles. The van der Waals surface area contributed by atoms with E-state index in [2.05, 4.69) is 161 Å². The standard InChI is InChI=1S/C38H23N3.2C3H6/c1-3-11-24(12-4-1)40-32-18-10-8-16-27(32)30-21-23-19-20-28-35-33(22-29-26-15-7-9-17-31(26)39-36(28)29)41(25-13-5-2-6-14-25)38(34(23)35)37(30)40;2*1-3-2/h1-22,39H;2*3H,1H2,2H3. The number of aromatic nitrogens is 3. The van der Waals surface area contributed by atoms with Gasteiger partial charge in [0.05, 0.1) is 27.6 Å². The number of nitrogens with zero attached hydrogens (tertiary/aromatic N) is 2. The summed E-state index contributed by atoms with van der Waals surface area (Å²) in [7, 11) is 0. The number of nitrogens with one attached hydrogen (secondary N) is 1. The fourth-order valence-electron chi connectivity index (χ4n) is 7.33. The molecule has 0 amide bonds. The van der Waals surface area contributed by atoms with E-state index in [4.69, 9.17) is 0 Å². The van der Waals surface area contributed by atoms with E-state index in [1.54, 1.807) is 12.2 Å². The molecule has 47 heavy (non-hydrogen) atoms. The van der Waals surface area contributed by atoms with Crippen molar-refractivity contribution in [2.75, 3.05) is 0 Å². The first kappa shape index (κ1) is 28.4. The molecule has 0 aliphatic rings. The third-order valence-corrected chi connectivity index (χ3v) is 8.96. The first-order valence-electron chi connectivity index (χ1n) is 16.1. The molecule has 7 aromatic carbocycles. The van der Waals surface area contributed by atoms with Gasteiger partial charge in [-0.3, -0.25) is 0 Å². The average Bonchev–Trinajstić information content (AvgIpc) is 3.77. The Labute approximate surface area is 273 Å². The number of aromatic amines is 1. The largest absolute Gasteiger partial charge is 0.354 e. The highest BCUT2D eigenvalue weighted by Gasteiger charge is 2.25. The number of benzene rings is 7. The summed E-state index contributed by atoms with van der Waals surface area (Å²) in [4.78, 5) is 3.76. The Kier molecular flexibility index (Phi) is 6.88. The first-order valence-corrected chi connectivity index (χ1v) is 16.1. The maximum atomic E-state index is 3.76. The molecule has 10 rings (SSSR count). The van der Waals surface area contributed by atoms with E-state index in [9.17, 15) is 0 Å². The summed E-state index contributed by atoms with van der Waals surface area (Å²) in [5, 5.41) is 10.2. The molecule has 0 radical (unpaired) electrons. The van der Waals surface area contributed by atoms with Crippen LogP contribution in [0.4, 0.5) is 0 Å². The van der Waals surface area contributed by atoms with Crippen LogP contribution < -0.4 is 0 Å². The monoisotopic (exact) mass is 605 g/mol. The van der Waals surface area contributed by atoms with Crippen molar-refractivity contribution in [1.29, 1.82) is 0 Å². The number of fused-ring (bicyclic) bond motifs is 8. The van der Waals surface area contributed by atoms with Gasteiger partial charge in [0.1, 0.15) is 0 Å². The lowest BCUT2D eigenvalue weighted by atomic mass is 9.98. The SMILES string of the molecule is C=CC.C=CC.c1ccc(-n2c3ccccc3c3cc4ccc5c6[nH]c7ccccc7c6cc6c5c4c(c32)n6-c2ccccc2)cc1. The number of rotatable bonds is 2. The van der Waals surface area contributed by atoms with Gasteiger partial charge in [0.15, 0.2) is 0 Å². The van der Waals surface area contributed by atoms with Gasteiger partial charge in [0.25, 0.3) is 0 Å². The summed E-state index contributed by atoms with van der Waals surface area (Å²) < 4.78 is 4.97. The zero-order valence-electron chi connectivity index (χ0n) is 26.7. The van der Waals surface area contributed by atoms with Gasteiger partial charge >= 0.3 is 0 Å². The molecule has 0 aliphatic heterocycles. The van der Waals surface area contributed by atoms with E-state index in [0.29, 0.717) is 0 Å². The Morgan fingerprint density at radius 2 is 1.06 bits per heavy atom. The molecule has 0 saturated heterocycles. The van der Waals surface area contributed by atoms with Crippen molar-refractivity contribution in [1.82, 2.24) is 14.1 Å². The lowest BCUT2D eigenvalue weighted by molar-refractivity contribution is 1.15.